The van der Waals surface area contributed by atoms with Crippen LogP contribution in [0.3, 0.4) is 0 Å². The molecule has 0 aliphatic carbocycles. The smallest absolute Gasteiger partial charge is 0.325 e. The number of benzene rings is 1. The van der Waals surface area contributed by atoms with Gasteiger partial charge in [-0.15, -0.1) is 0 Å². The van der Waals surface area contributed by atoms with Crippen LogP contribution >= 0.6 is 11.8 Å². The first-order valence-electron chi connectivity index (χ1n) is 7.59. The largest absolute Gasteiger partial charge is 0.468 e. The molecule has 0 radical (unpaired) electrons. The Labute approximate surface area is 152 Å². The highest BCUT2D eigenvalue weighted by Crippen LogP contribution is 2.34. The van der Waals surface area contributed by atoms with Crippen LogP contribution in [0.2, 0.25) is 0 Å². The van der Waals surface area contributed by atoms with E-state index >= 15 is 0 Å². The summed E-state index contributed by atoms with van der Waals surface area (Å²) in [5, 5.41) is 0.279. The number of fused-ring (bicyclic) bond motifs is 1. The molecule has 1 aromatic heterocycles. The monoisotopic (exact) mass is 373 g/mol. The lowest BCUT2D eigenvalue weighted by Crippen LogP contribution is -2.34. The first-order chi connectivity index (χ1) is 12.4. The Bertz CT molecular complexity index is 962. The van der Waals surface area contributed by atoms with Crippen molar-refractivity contribution in [1.29, 1.82) is 0 Å². The Balaban J connectivity index is 1.98. The Hall–Kier alpha value is -3.07. The molecule has 134 valence electrons. The Morgan fingerprint density at radius 2 is 1.96 bits per heavy atom. The molecule has 2 heterocycles. The molecule has 1 aliphatic rings. The number of aromatic nitrogens is 1. The van der Waals surface area contributed by atoms with E-state index in [2.05, 4.69) is 4.74 Å². The zero-order chi connectivity index (χ0) is 18.8. The third-order valence-corrected chi connectivity index (χ3v) is 4.73. The number of carbonyl (C=O) groups excluding carboxylic acids is 4. The van der Waals surface area contributed by atoms with Crippen LogP contribution in [0, 0.1) is 0 Å². The van der Waals surface area contributed by atoms with Crippen molar-refractivity contribution >= 4 is 51.8 Å². The van der Waals surface area contributed by atoms with E-state index in [-0.39, 0.29) is 11.4 Å². The molecule has 1 fully saturated rings. The molecule has 8 nitrogen and oxygen atoms in total. The Kier molecular flexibility index (Phi) is 4.81. The van der Waals surface area contributed by atoms with Gasteiger partial charge < -0.3 is 15.0 Å². The summed E-state index contributed by atoms with van der Waals surface area (Å²) in [4.78, 5) is 48.1. The van der Waals surface area contributed by atoms with Crippen LogP contribution in [0.1, 0.15) is 5.56 Å². The van der Waals surface area contributed by atoms with Gasteiger partial charge in [0, 0.05) is 22.7 Å². The maximum absolute atomic E-state index is 12.4. The maximum Gasteiger partial charge on any atom is 0.325 e. The van der Waals surface area contributed by atoms with Crippen molar-refractivity contribution in [3.8, 4) is 0 Å². The number of hydrogen-bond acceptors (Lipinski definition) is 6. The van der Waals surface area contributed by atoms with E-state index in [9.17, 15) is 19.2 Å². The predicted molar refractivity (Wildman–Crippen MR) is 95.8 cm³/mol. The summed E-state index contributed by atoms with van der Waals surface area (Å²) in [6.07, 6.45) is 3.27. The molecule has 1 saturated heterocycles. The van der Waals surface area contributed by atoms with Gasteiger partial charge in [0.1, 0.15) is 13.1 Å². The van der Waals surface area contributed by atoms with Crippen LogP contribution in [0.15, 0.2) is 35.4 Å². The molecule has 2 aromatic rings. The van der Waals surface area contributed by atoms with Gasteiger partial charge in [-0.3, -0.25) is 24.1 Å². The normalized spacial score (nSPS) is 15.9. The van der Waals surface area contributed by atoms with E-state index in [1.165, 1.54) is 7.11 Å². The first kappa shape index (κ1) is 17.7. The fourth-order valence-electron chi connectivity index (χ4n) is 2.66. The van der Waals surface area contributed by atoms with Gasteiger partial charge in [-0.05, 0) is 23.9 Å². The molecule has 1 aliphatic heterocycles. The molecular weight excluding hydrogens is 358 g/mol. The van der Waals surface area contributed by atoms with Crippen molar-refractivity contribution < 1.29 is 23.9 Å². The number of nitrogens with zero attached hydrogens (tertiary/aromatic N) is 2. The van der Waals surface area contributed by atoms with Gasteiger partial charge in [0.25, 0.3) is 11.1 Å². The van der Waals surface area contributed by atoms with Crippen molar-refractivity contribution in [1.82, 2.24) is 9.47 Å². The second-order valence-corrected chi connectivity index (χ2v) is 6.53. The third-order valence-electron chi connectivity index (χ3n) is 3.82. The summed E-state index contributed by atoms with van der Waals surface area (Å²) in [5.74, 6) is -1.72. The molecule has 0 atom stereocenters. The minimum atomic E-state index is -0.674. The molecule has 0 bridgehead atoms. The van der Waals surface area contributed by atoms with Gasteiger partial charge in [-0.25, -0.2) is 0 Å². The summed E-state index contributed by atoms with van der Waals surface area (Å²) in [7, 11) is 1.19. The van der Waals surface area contributed by atoms with Crippen molar-refractivity contribution in [2.75, 3.05) is 13.7 Å². The molecule has 3 rings (SSSR count). The number of para-hydroxylation sites is 1. The molecule has 9 heteroatoms. The number of ether oxygens (including phenoxy) is 1. The average Bonchev–Trinajstić information content (AvgIpc) is 3.07. The highest BCUT2D eigenvalue weighted by atomic mass is 32.2. The number of rotatable bonds is 5. The number of nitrogens with two attached hydrogens (primary N) is 1. The number of thioether (sulfide) groups is 1. The number of methoxy groups -OCH3 is 1. The minimum absolute atomic E-state index is 0.00181. The van der Waals surface area contributed by atoms with Gasteiger partial charge >= 0.3 is 5.97 Å². The zero-order valence-corrected chi connectivity index (χ0v) is 14.6. The third kappa shape index (κ3) is 3.33. The van der Waals surface area contributed by atoms with Crippen LogP contribution in [0.4, 0.5) is 4.79 Å². The fraction of sp³-hybridized carbons (Fsp3) is 0.176. The Morgan fingerprint density at radius 3 is 2.65 bits per heavy atom. The lowest BCUT2D eigenvalue weighted by molar-refractivity contribution is -0.143. The van der Waals surface area contributed by atoms with Crippen LogP contribution in [0.5, 0.6) is 0 Å². The number of imide groups is 1. The lowest BCUT2D eigenvalue weighted by Gasteiger charge is -2.09. The fourth-order valence-corrected chi connectivity index (χ4v) is 3.49. The topological polar surface area (TPSA) is 112 Å². The molecule has 0 spiro atoms. The van der Waals surface area contributed by atoms with E-state index < -0.39 is 29.6 Å². The molecule has 26 heavy (non-hydrogen) atoms. The van der Waals surface area contributed by atoms with Crippen molar-refractivity contribution in [3.63, 3.8) is 0 Å². The molecular formula is C17H15N3O5S. The van der Waals surface area contributed by atoms with Gasteiger partial charge in [0.05, 0.1) is 12.0 Å². The maximum atomic E-state index is 12.4. The number of esters is 1. The van der Waals surface area contributed by atoms with Gasteiger partial charge in [-0.2, -0.15) is 0 Å². The van der Waals surface area contributed by atoms with E-state index in [4.69, 9.17) is 5.73 Å². The first-order valence-corrected chi connectivity index (χ1v) is 8.40. The van der Waals surface area contributed by atoms with Gasteiger partial charge in [-0.1, -0.05) is 18.2 Å². The highest BCUT2D eigenvalue weighted by molar-refractivity contribution is 8.18. The number of amides is 3. The number of carbonyl (C=O) groups is 4. The second kappa shape index (κ2) is 7.04. The van der Waals surface area contributed by atoms with Crippen LogP contribution in [-0.4, -0.2) is 46.1 Å². The van der Waals surface area contributed by atoms with Gasteiger partial charge in [0.15, 0.2) is 0 Å². The second-order valence-electron chi connectivity index (χ2n) is 5.54. The van der Waals surface area contributed by atoms with E-state index in [0.29, 0.717) is 5.56 Å². The lowest BCUT2D eigenvalue weighted by atomic mass is 10.1. The average molecular weight is 373 g/mol. The predicted octanol–water partition coefficient (Wildman–Crippen LogP) is 1.34. The summed E-state index contributed by atoms with van der Waals surface area (Å²) >= 11 is 0.751. The molecule has 2 N–H and O–H groups in total. The number of primary amides is 1. The number of hydrogen-bond donors (Lipinski definition) is 1. The highest BCUT2D eigenvalue weighted by Gasteiger charge is 2.36. The van der Waals surface area contributed by atoms with Crippen molar-refractivity contribution in [3.05, 3.63) is 40.9 Å². The zero-order valence-electron chi connectivity index (χ0n) is 13.8. The summed E-state index contributed by atoms with van der Waals surface area (Å²) in [6.45, 7) is -0.430. The standard InChI is InChI=1S/C17H15N3O5S/c1-25-15(22)9-20-16(23)13(26-17(20)24)6-10-7-19(8-14(18)21)12-5-3-2-4-11(10)12/h2-7H,8-9H2,1H3,(H2,18,21). The molecule has 3 amide bonds. The SMILES string of the molecule is COC(=O)CN1C(=O)SC(=Cc2cn(CC(N)=O)c3ccccc23)C1=O. The van der Waals surface area contributed by atoms with E-state index in [1.54, 1.807) is 16.8 Å². The quantitative estimate of drug-likeness (QED) is 0.625. The molecule has 1 aromatic carbocycles. The molecule has 0 unspecified atom stereocenters. The van der Waals surface area contributed by atoms with Crippen LogP contribution < -0.4 is 5.73 Å². The summed E-state index contributed by atoms with van der Waals surface area (Å²) < 4.78 is 6.18. The van der Waals surface area contributed by atoms with Crippen molar-refractivity contribution in [2.24, 2.45) is 5.73 Å². The minimum Gasteiger partial charge on any atom is -0.468 e. The Morgan fingerprint density at radius 1 is 1.23 bits per heavy atom. The molecule has 0 saturated carbocycles. The van der Waals surface area contributed by atoms with Crippen LogP contribution in [0.25, 0.3) is 17.0 Å². The van der Waals surface area contributed by atoms with E-state index in [1.807, 2.05) is 24.3 Å². The van der Waals surface area contributed by atoms with E-state index in [0.717, 1.165) is 27.6 Å². The summed E-state index contributed by atoms with van der Waals surface area (Å²) in [5.41, 5.74) is 6.73. The van der Waals surface area contributed by atoms with Gasteiger partial charge in [0.2, 0.25) is 5.91 Å². The van der Waals surface area contributed by atoms with Crippen molar-refractivity contribution in [2.45, 2.75) is 6.54 Å². The van der Waals surface area contributed by atoms with Crippen LogP contribution in [-0.2, 0) is 25.7 Å². The summed E-state index contributed by atoms with van der Waals surface area (Å²) in [6, 6.07) is 7.33.